The van der Waals surface area contributed by atoms with E-state index in [0.717, 1.165) is 16.6 Å². The van der Waals surface area contributed by atoms with Gasteiger partial charge in [-0.15, -0.1) is 0 Å². The molecule has 0 radical (unpaired) electrons. The van der Waals surface area contributed by atoms with Gasteiger partial charge in [-0.2, -0.15) is 0 Å². The van der Waals surface area contributed by atoms with Crippen molar-refractivity contribution in [2.24, 2.45) is 0 Å². The molecule has 0 saturated carbocycles. The van der Waals surface area contributed by atoms with Crippen molar-refractivity contribution in [1.82, 2.24) is 4.57 Å². The minimum Gasteiger partial charge on any atom is -0.397 e. The molecule has 0 amide bonds. The Morgan fingerprint density at radius 2 is 1.72 bits per heavy atom. The first-order chi connectivity index (χ1) is 8.65. The number of nitrogens with zero attached hydrogens (tertiary/aromatic N) is 1. The molecule has 18 heavy (non-hydrogen) atoms. The van der Waals surface area contributed by atoms with E-state index in [1.807, 2.05) is 53.2 Å². The maximum Gasteiger partial charge on any atom is 0.0578 e. The molecule has 1 heterocycles. The van der Waals surface area contributed by atoms with E-state index in [1.54, 1.807) is 0 Å². The van der Waals surface area contributed by atoms with Gasteiger partial charge in [-0.3, -0.25) is 0 Å². The predicted octanol–water partition coefficient (Wildman–Crippen LogP) is 4.52. The molecule has 3 aromatic rings. The number of nitrogens with two attached hydrogens (primary N) is 1. The van der Waals surface area contributed by atoms with Crippen molar-refractivity contribution in [3.05, 3.63) is 58.7 Å². The lowest BCUT2D eigenvalue weighted by Gasteiger charge is -2.05. The first kappa shape index (κ1) is 11.5. The van der Waals surface area contributed by atoms with Crippen LogP contribution in [0.3, 0.4) is 0 Å². The summed E-state index contributed by atoms with van der Waals surface area (Å²) in [4.78, 5) is 0. The van der Waals surface area contributed by atoms with E-state index < -0.39 is 0 Å². The molecule has 4 heteroatoms. The van der Waals surface area contributed by atoms with Gasteiger partial charge >= 0.3 is 0 Å². The SMILES string of the molecule is Nc1cn(-c2cccc(Cl)c2)c2ccc(Cl)cc12. The molecule has 0 saturated heterocycles. The number of aromatic nitrogens is 1. The fraction of sp³-hybridized carbons (Fsp3) is 0. The van der Waals surface area contributed by atoms with Gasteiger partial charge in [0.05, 0.1) is 11.2 Å². The lowest BCUT2D eigenvalue weighted by atomic mass is 10.2. The molecular formula is C14H10Cl2N2. The third kappa shape index (κ3) is 1.84. The third-order valence-corrected chi connectivity index (χ3v) is 3.35. The Labute approximate surface area is 115 Å². The average Bonchev–Trinajstić information content (AvgIpc) is 2.67. The van der Waals surface area contributed by atoms with Crippen molar-refractivity contribution in [2.75, 3.05) is 5.73 Å². The molecule has 2 nitrogen and oxygen atoms in total. The van der Waals surface area contributed by atoms with Crippen molar-refractivity contribution in [1.29, 1.82) is 0 Å². The fourth-order valence-corrected chi connectivity index (χ4v) is 2.42. The van der Waals surface area contributed by atoms with E-state index in [-0.39, 0.29) is 0 Å². The largest absolute Gasteiger partial charge is 0.397 e. The van der Waals surface area contributed by atoms with Crippen molar-refractivity contribution < 1.29 is 0 Å². The maximum atomic E-state index is 6.01. The minimum absolute atomic E-state index is 0.679. The van der Waals surface area contributed by atoms with Crippen molar-refractivity contribution in [3.8, 4) is 5.69 Å². The van der Waals surface area contributed by atoms with Crippen LogP contribution in [0, 0.1) is 0 Å². The standard InChI is InChI=1S/C14H10Cl2N2/c15-9-2-1-3-11(6-9)18-8-13(17)12-7-10(16)4-5-14(12)18/h1-8H,17H2. The second-order valence-electron chi connectivity index (χ2n) is 4.10. The second kappa shape index (κ2) is 4.23. The Morgan fingerprint density at radius 1 is 0.944 bits per heavy atom. The second-order valence-corrected chi connectivity index (χ2v) is 4.97. The van der Waals surface area contributed by atoms with Crippen LogP contribution >= 0.6 is 23.2 Å². The van der Waals surface area contributed by atoms with E-state index in [0.29, 0.717) is 15.7 Å². The minimum atomic E-state index is 0.679. The zero-order valence-electron chi connectivity index (χ0n) is 9.40. The van der Waals surface area contributed by atoms with E-state index in [1.165, 1.54) is 0 Å². The van der Waals surface area contributed by atoms with Crippen LogP contribution in [0.1, 0.15) is 0 Å². The van der Waals surface area contributed by atoms with Gasteiger partial charge in [0.15, 0.2) is 0 Å². The molecule has 0 unspecified atom stereocenters. The number of rotatable bonds is 1. The van der Waals surface area contributed by atoms with Gasteiger partial charge in [-0.1, -0.05) is 29.3 Å². The lowest BCUT2D eigenvalue weighted by molar-refractivity contribution is 1.13. The normalized spacial score (nSPS) is 11.0. The summed E-state index contributed by atoms with van der Waals surface area (Å²) in [5, 5.41) is 2.32. The Morgan fingerprint density at radius 3 is 2.50 bits per heavy atom. The monoisotopic (exact) mass is 276 g/mol. The number of hydrogen-bond donors (Lipinski definition) is 1. The van der Waals surface area contributed by atoms with E-state index in [4.69, 9.17) is 28.9 Å². The summed E-state index contributed by atoms with van der Waals surface area (Å²) < 4.78 is 2.01. The molecule has 0 aliphatic rings. The van der Waals surface area contributed by atoms with Gasteiger partial charge in [0.25, 0.3) is 0 Å². The molecule has 0 bridgehead atoms. The number of anilines is 1. The summed E-state index contributed by atoms with van der Waals surface area (Å²) in [7, 11) is 0. The highest BCUT2D eigenvalue weighted by Gasteiger charge is 2.08. The molecule has 90 valence electrons. The van der Waals surface area contributed by atoms with Gasteiger partial charge in [-0.05, 0) is 36.4 Å². The average molecular weight is 277 g/mol. The summed E-state index contributed by atoms with van der Waals surface area (Å²) in [6.45, 7) is 0. The zero-order valence-corrected chi connectivity index (χ0v) is 10.9. The molecule has 0 aliphatic carbocycles. The molecule has 2 N–H and O–H groups in total. The van der Waals surface area contributed by atoms with Gasteiger partial charge in [-0.25, -0.2) is 0 Å². The van der Waals surface area contributed by atoms with E-state index in [2.05, 4.69) is 0 Å². The quantitative estimate of drug-likeness (QED) is 0.696. The number of hydrogen-bond acceptors (Lipinski definition) is 1. The van der Waals surface area contributed by atoms with Crippen LogP contribution in [-0.4, -0.2) is 4.57 Å². The highest BCUT2D eigenvalue weighted by molar-refractivity contribution is 6.31. The van der Waals surface area contributed by atoms with Gasteiger partial charge in [0, 0.05) is 27.3 Å². The summed E-state index contributed by atoms with van der Waals surface area (Å²) in [5.74, 6) is 0. The first-order valence-electron chi connectivity index (χ1n) is 5.47. The van der Waals surface area contributed by atoms with Gasteiger partial charge < -0.3 is 10.3 Å². The number of halogens is 2. The van der Waals surface area contributed by atoms with Crippen LogP contribution in [0.2, 0.25) is 10.0 Å². The summed E-state index contributed by atoms with van der Waals surface area (Å²) in [6, 6.07) is 13.3. The molecule has 1 aromatic heterocycles. The van der Waals surface area contributed by atoms with Gasteiger partial charge in [0.1, 0.15) is 0 Å². The third-order valence-electron chi connectivity index (χ3n) is 2.88. The Balaban J connectivity index is 2.30. The lowest BCUT2D eigenvalue weighted by Crippen LogP contribution is -1.91. The van der Waals surface area contributed by atoms with E-state index in [9.17, 15) is 0 Å². The Hall–Kier alpha value is -1.64. The molecule has 2 aromatic carbocycles. The topological polar surface area (TPSA) is 30.9 Å². The first-order valence-corrected chi connectivity index (χ1v) is 6.23. The highest BCUT2D eigenvalue weighted by atomic mass is 35.5. The summed E-state index contributed by atoms with van der Waals surface area (Å²) in [5.41, 5.74) is 8.70. The van der Waals surface area contributed by atoms with Crippen LogP contribution in [0.5, 0.6) is 0 Å². The van der Waals surface area contributed by atoms with Crippen LogP contribution in [0.4, 0.5) is 5.69 Å². The molecule has 0 spiro atoms. The van der Waals surface area contributed by atoms with E-state index >= 15 is 0 Å². The zero-order chi connectivity index (χ0) is 12.7. The highest BCUT2D eigenvalue weighted by Crippen LogP contribution is 2.29. The molecular weight excluding hydrogens is 267 g/mol. The number of benzene rings is 2. The van der Waals surface area contributed by atoms with Crippen LogP contribution in [0.15, 0.2) is 48.7 Å². The van der Waals surface area contributed by atoms with Crippen molar-refractivity contribution in [3.63, 3.8) is 0 Å². The Bertz CT molecular complexity index is 732. The number of nitrogen functional groups attached to an aromatic ring is 1. The van der Waals surface area contributed by atoms with Crippen molar-refractivity contribution >= 4 is 39.8 Å². The van der Waals surface area contributed by atoms with Crippen molar-refractivity contribution in [2.45, 2.75) is 0 Å². The van der Waals surface area contributed by atoms with Crippen LogP contribution in [0.25, 0.3) is 16.6 Å². The molecule has 0 aliphatic heterocycles. The predicted molar refractivity (Wildman–Crippen MR) is 77.7 cm³/mol. The Kier molecular flexibility index (Phi) is 2.69. The molecule has 0 atom stereocenters. The van der Waals surface area contributed by atoms with Crippen LogP contribution < -0.4 is 5.73 Å². The van der Waals surface area contributed by atoms with Crippen LogP contribution in [-0.2, 0) is 0 Å². The number of fused-ring (bicyclic) bond motifs is 1. The summed E-state index contributed by atoms with van der Waals surface area (Å²) in [6.07, 6.45) is 1.88. The smallest absolute Gasteiger partial charge is 0.0578 e. The fourth-order valence-electron chi connectivity index (χ4n) is 2.07. The molecule has 0 fully saturated rings. The molecule has 3 rings (SSSR count). The van der Waals surface area contributed by atoms with Gasteiger partial charge in [0.2, 0.25) is 0 Å². The maximum absolute atomic E-state index is 6.01. The summed E-state index contributed by atoms with van der Waals surface area (Å²) >= 11 is 12.0.